The smallest absolute Gasteiger partial charge is 0.431 e. The Morgan fingerprint density at radius 2 is 1.56 bits per heavy atom. The highest BCUT2D eigenvalue weighted by Crippen LogP contribution is 2.27. The third-order valence-electron chi connectivity index (χ3n) is 4.90. The molecule has 4 rings (SSSR count). The molecule has 0 saturated carbocycles. The van der Waals surface area contributed by atoms with E-state index in [1.807, 2.05) is 0 Å². The number of carboxylic acid groups (broad SMARTS) is 2. The Balaban J connectivity index is 1.81. The predicted molar refractivity (Wildman–Crippen MR) is 119 cm³/mol. The van der Waals surface area contributed by atoms with Gasteiger partial charge in [-0.3, -0.25) is 4.99 Å². The third-order valence-corrected chi connectivity index (χ3v) is 4.90. The normalized spacial score (nSPS) is 19.7. The van der Waals surface area contributed by atoms with Crippen LogP contribution in [0.25, 0.3) is 0 Å². The molecule has 162 valence electrons. The number of rotatable bonds is 5. The van der Waals surface area contributed by atoms with E-state index in [4.69, 9.17) is 0 Å². The summed E-state index contributed by atoms with van der Waals surface area (Å²) >= 11 is 0. The van der Waals surface area contributed by atoms with Crippen LogP contribution in [-0.2, 0) is 0 Å². The molecule has 0 bridgehead atoms. The second kappa shape index (κ2) is 9.17. The van der Waals surface area contributed by atoms with Gasteiger partial charge in [0, 0.05) is 0 Å². The van der Waals surface area contributed by atoms with E-state index in [2.05, 4.69) is 16.4 Å². The summed E-state index contributed by atoms with van der Waals surface area (Å²) in [4.78, 5) is 28.9. The van der Waals surface area contributed by atoms with Crippen molar-refractivity contribution in [2.24, 2.45) is 4.99 Å². The number of dihydropyridines is 1. The number of nitrogens with one attached hydrogen (secondary N) is 1. The Hall–Kier alpha value is -4.40. The number of anilines is 2. The lowest BCUT2D eigenvalue weighted by Gasteiger charge is -2.47. The van der Waals surface area contributed by atoms with Crippen molar-refractivity contribution in [1.29, 1.82) is 0 Å². The molecular formula is C22H21N6O4+. The number of hydrazine groups is 2. The zero-order valence-electron chi connectivity index (χ0n) is 16.9. The molecule has 2 atom stereocenters. The predicted octanol–water partition coefficient (Wildman–Crippen LogP) is 2.96. The molecule has 2 amide bonds. The summed E-state index contributed by atoms with van der Waals surface area (Å²) in [7, 11) is 0. The minimum Gasteiger partial charge on any atom is -0.464 e. The minimum absolute atomic E-state index is 0.00577. The fraction of sp³-hybridized carbons (Fsp3) is 0.136. The first-order chi connectivity index (χ1) is 15.6. The van der Waals surface area contributed by atoms with Gasteiger partial charge in [0.05, 0.1) is 29.7 Å². The molecular weight excluding hydrogens is 412 g/mol. The van der Waals surface area contributed by atoms with E-state index < -0.39 is 24.4 Å². The average Bonchev–Trinajstić information content (AvgIpc) is 2.81. The molecule has 2 heterocycles. The van der Waals surface area contributed by atoms with E-state index in [1.54, 1.807) is 79.0 Å². The van der Waals surface area contributed by atoms with Crippen molar-refractivity contribution in [3.63, 3.8) is 0 Å². The second-order valence-electron chi connectivity index (χ2n) is 6.87. The molecule has 2 aromatic rings. The molecule has 32 heavy (non-hydrogen) atoms. The molecule has 0 fully saturated rings. The first kappa shape index (κ1) is 20.9. The summed E-state index contributed by atoms with van der Waals surface area (Å²) in [5.41, 5.74) is 0.786. The van der Waals surface area contributed by atoms with Gasteiger partial charge in [-0.25, -0.2) is 19.6 Å². The van der Waals surface area contributed by atoms with Crippen LogP contribution in [0.2, 0.25) is 0 Å². The molecule has 0 radical (unpaired) electrons. The molecule has 0 spiro atoms. The van der Waals surface area contributed by atoms with Gasteiger partial charge in [-0.05, 0) is 24.3 Å². The maximum atomic E-state index is 12.3. The fourth-order valence-electron chi connectivity index (χ4n) is 3.61. The van der Waals surface area contributed by atoms with Crippen LogP contribution in [0.1, 0.15) is 0 Å². The number of carbonyl (C=O) groups is 2. The highest BCUT2D eigenvalue weighted by atomic mass is 16.4. The Labute approximate surface area is 184 Å². The molecule has 0 aliphatic carbocycles. The summed E-state index contributed by atoms with van der Waals surface area (Å²) in [6, 6.07) is 16.5. The van der Waals surface area contributed by atoms with Gasteiger partial charge in [0.2, 0.25) is 6.04 Å². The largest absolute Gasteiger partial charge is 0.464 e. The van der Waals surface area contributed by atoms with Gasteiger partial charge < -0.3 is 15.5 Å². The van der Waals surface area contributed by atoms with Crippen molar-refractivity contribution < 1.29 is 19.8 Å². The standard InChI is InChI=1S/C22H20N6O4/c29-21(30)27(17-9-3-1-4-10-17)25-15-23-16-26(20(25)19-13-7-8-14-24-19)28(22(31)32)18-11-5-2-6-12-18/h1-12,14-15,19-20,24H,16H2,(H-,29,30,31,32)/p+1. The molecule has 0 aromatic heterocycles. The van der Waals surface area contributed by atoms with Gasteiger partial charge in [0.1, 0.15) is 13.0 Å². The maximum absolute atomic E-state index is 12.3. The van der Waals surface area contributed by atoms with Crippen LogP contribution < -0.4 is 15.3 Å². The highest BCUT2D eigenvalue weighted by Gasteiger charge is 2.45. The van der Waals surface area contributed by atoms with E-state index in [1.165, 1.54) is 16.4 Å². The van der Waals surface area contributed by atoms with Gasteiger partial charge in [-0.15, -0.1) is 0 Å². The Morgan fingerprint density at radius 1 is 0.969 bits per heavy atom. The number of nitrogens with zero attached hydrogens (tertiary/aromatic N) is 5. The van der Waals surface area contributed by atoms with Crippen LogP contribution in [-0.4, -0.2) is 57.6 Å². The van der Waals surface area contributed by atoms with Gasteiger partial charge in [0.25, 0.3) is 0 Å². The summed E-state index contributed by atoms with van der Waals surface area (Å²) in [5, 5.41) is 28.2. The molecule has 0 saturated heterocycles. The number of benzene rings is 2. The van der Waals surface area contributed by atoms with E-state index in [9.17, 15) is 19.8 Å². The topological polar surface area (TPSA) is 112 Å². The Morgan fingerprint density at radius 3 is 2.09 bits per heavy atom. The van der Waals surface area contributed by atoms with Crippen molar-refractivity contribution in [1.82, 2.24) is 15.3 Å². The lowest BCUT2D eigenvalue weighted by molar-refractivity contribution is 0.0465. The number of aliphatic imine (C=N–C) groups is 1. The van der Waals surface area contributed by atoms with Crippen LogP contribution in [0.4, 0.5) is 21.0 Å². The Kier molecular flexibility index (Phi) is 5.98. The van der Waals surface area contributed by atoms with Crippen molar-refractivity contribution in [3.05, 3.63) is 85.1 Å². The summed E-state index contributed by atoms with van der Waals surface area (Å²) in [6.45, 7) is -0.00577. The number of hydrogen-bond donors (Lipinski definition) is 3. The van der Waals surface area contributed by atoms with Gasteiger partial charge >= 0.3 is 12.2 Å². The monoisotopic (exact) mass is 433 g/mol. The lowest BCUT2D eigenvalue weighted by atomic mass is 10.1. The van der Waals surface area contributed by atoms with Gasteiger partial charge in [-0.1, -0.05) is 36.4 Å². The first-order valence-electron chi connectivity index (χ1n) is 9.79. The number of amides is 2. The molecule has 2 unspecified atom stereocenters. The van der Waals surface area contributed by atoms with Crippen LogP contribution in [0.5, 0.6) is 0 Å². The first-order valence-corrected chi connectivity index (χ1v) is 9.79. The molecule has 10 heteroatoms. The van der Waals surface area contributed by atoms with Crippen LogP contribution in [0.3, 0.4) is 0 Å². The maximum Gasteiger partial charge on any atom is 0.431 e. The lowest BCUT2D eigenvalue weighted by Crippen LogP contribution is -2.69. The Bertz CT molecular complexity index is 1040. The van der Waals surface area contributed by atoms with E-state index in [-0.39, 0.29) is 6.67 Å². The molecule has 10 nitrogen and oxygen atoms in total. The molecule has 3 N–H and O–H groups in total. The average molecular weight is 433 g/mol. The minimum atomic E-state index is -1.24. The van der Waals surface area contributed by atoms with Crippen LogP contribution in [0, 0.1) is 6.08 Å². The van der Waals surface area contributed by atoms with Crippen molar-refractivity contribution in [2.45, 2.75) is 12.2 Å². The quantitative estimate of drug-likeness (QED) is 0.622. The van der Waals surface area contributed by atoms with Crippen molar-refractivity contribution >= 4 is 29.9 Å². The fourth-order valence-corrected chi connectivity index (χ4v) is 3.61. The second-order valence-corrected chi connectivity index (χ2v) is 6.87. The van der Waals surface area contributed by atoms with Crippen LogP contribution in [0.15, 0.2) is 84.0 Å². The number of para-hydroxylation sites is 2. The van der Waals surface area contributed by atoms with Gasteiger partial charge in [-0.2, -0.15) is 10.0 Å². The third kappa shape index (κ3) is 4.08. The van der Waals surface area contributed by atoms with Crippen LogP contribution >= 0.6 is 0 Å². The van der Waals surface area contributed by atoms with E-state index in [0.29, 0.717) is 11.4 Å². The zero-order valence-corrected chi connectivity index (χ0v) is 16.9. The number of hydrogen-bond acceptors (Lipinski definition) is 6. The van der Waals surface area contributed by atoms with Crippen molar-refractivity contribution in [3.8, 4) is 0 Å². The molecule has 2 aromatic carbocycles. The van der Waals surface area contributed by atoms with E-state index >= 15 is 0 Å². The SMILES string of the molecule is O=C(O)N(c1ccccc1)N1C=NCN(N(C(=O)O)c2ccccc2)C1C1[C+]=CC=CN1. The number of allylic oxidation sites excluding steroid dienone is 2. The highest BCUT2D eigenvalue weighted by molar-refractivity contribution is 5.88. The molecule has 2 aliphatic rings. The van der Waals surface area contributed by atoms with E-state index in [0.717, 1.165) is 10.0 Å². The molecule has 2 aliphatic heterocycles. The summed E-state index contributed by atoms with van der Waals surface area (Å²) in [6.07, 6.45) is 6.38. The summed E-state index contributed by atoms with van der Waals surface area (Å²) < 4.78 is 0. The zero-order chi connectivity index (χ0) is 22.5. The summed E-state index contributed by atoms with van der Waals surface area (Å²) in [5.74, 6) is 0. The van der Waals surface area contributed by atoms with Gasteiger partial charge in [0.15, 0.2) is 12.2 Å². The van der Waals surface area contributed by atoms with Crippen molar-refractivity contribution in [2.75, 3.05) is 16.7 Å².